The van der Waals surface area contributed by atoms with Crippen LogP contribution in [-0.2, 0) is 15.7 Å². The normalized spacial score (nSPS) is 11.3. The van der Waals surface area contributed by atoms with Crippen molar-refractivity contribution in [1.82, 2.24) is 0 Å². The Hall–Kier alpha value is -3.35. The summed E-state index contributed by atoms with van der Waals surface area (Å²) in [6.45, 7) is 1.68. The summed E-state index contributed by atoms with van der Waals surface area (Å²) in [5, 5.41) is 15.0. The van der Waals surface area contributed by atoms with Crippen molar-refractivity contribution < 1.29 is 37.1 Å². The van der Waals surface area contributed by atoms with Crippen LogP contribution in [0.3, 0.4) is 0 Å². The maximum absolute atomic E-state index is 12.8. The van der Waals surface area contributed by atoms with Crippen molar-refractivity contribution in [3.8, 4) is 11.5 Å². The third-order valence-corrected chi connectivity index (χ3v) is 4.40. The molecule has 0 aliphatic heterocycles. The van der Waals surface area contributed by atoms with Crippen LogP contribution < -0.4 is 14.9 Å². The Morgan fingerprint density at radius 3 is 2.59 bits per heavy atom. The third kappa shape index (κ3) is 6.57. The number of carbonyl (C=O) groups is 1. The Bertz CT molecular complexity index is 1030. The standard InChI is InChI=1S/C19H17BrF3N3O6/c1-3-31-16-7-11(6-13(20)18(16)32-10-17(27)30-2)9-24-25-14-5-4-12(19(21,22)23)8-15(14)26(28)29/h4-9,25H,3,10H2,1-2H3/b24-9-. The van der Waals surface area contributed by atoms with Gasteiger partial charge in [-0.05, 0) is 52.7 Å². The fourth-order valence-electron chi connectivity index (χ4n) is 2.39. The van der Waals surface area contributed by atoms with Gasteiger partial charge in [-0.25, -0.2) is 4.79 Å². The van der Waals surface area contributed by atoms with Gasteiger partial charge < -0.3 is 14.2 Å². The van der Waals surface area contributed by atoms with E-state index in [-0.39, 0.29) is 30.4 Å². The molecule has 9 nitrogen and oxygen atoms in total. The zero-order valence-electron chi connectivity index (χ0n) is 16.7. The van der Waals surface area contributed by atoms with Gasteiger partial charge >= 0.3 is 12.1 Å². The molecule has 0 aliphatic rings. The number of nitro benzene ring substituents is 1. The minimum atomic E-state index is -4.72. The second kappa shape index (κ2) is 10.8. The van der Waals surface area contributed by atoms with E-state index in [1.807, 2.05) is 0 Å². The number of hydrogen-bond donors (Lipinski definition) is 1. The molecule has 0 atom stereocenters. The average Bonchev–Trinajstić information content (AvgIpc) is 2.72. The largest absolute Gasteiger partial charge is 0.490 e. The predicted octanol–water partition coefficient (Wildman–Crippen LogP) is 4.77. The van der Waals surface area contributed by atoms with Crippen molar-refractivity contribution in [2.75, 3.05) is 25.7 Å². The van der Waals surface area contributed by atoms with E-state index in [1.54, 1.807) is 13.0 Å². The van der Waals surface area contributed by atoms with Crippen LogP contribution in [0.5, 0.6) is 11.5 Å². The van der Waals surface area contributed by atoms with Crippen molar-refractivity contribution in [1.29, 1.82) is 0 Å². The van der Waals surface area contributed by atoms with Crippen molar-refractivity contribution >= 4 is 39.5 Å². The van der Waals surface area contributed by atoms with Gasteiger partial charge in [-0.2, -0.15) is 18.3 Å². The van der Waals surface area contributed by atoms with Crippen LogP contribution in [-0.4, -0.2) is 37.4 Å². The molecule has 0 fully saturated rings. The Labute approximate surface area is 188 Å². The van der Waals surface area contributed by atoms with Crippen molar-refractivity contribution in [2.45, 2.75) is 13.1 Å². The number of alkyl halides is 3. The average molecular weight is 520 g/mol. The molecule has 32 heavy (non-hydrogen) atoms. The molecule has 2 rings (SSSR count). The molecule has 0 aliphatic carbocycles. The Kier molecular flexibility index (Phi) is 8.41. The lowest BCUT2D eigenvalue weighted by Gasteiger charge is -2.14. The molecular formula is C19H17BrF3N3O6. The SMILES string of the molecule is CCOc1cc(/C=N\Nc2ccc(C(F)(F)F)cc2[N+](=O)[O-])cc(Br)c1OCC(=O)OC. The summed E-state index contributed by atoms with van der Waals surface area (Å²) in [5.41, 5.74) is 0.687. The van der Waals surface area contributed by atoms with E-state index in [0.717, 1.165) is 6.07 Å². The van der Waals surface area contributed by atoms with Gasteiger partial charge in [0, 0.05) is 6.07 Å². The van der Waals surface area contributed by atoms with E-state index < -0.39 is 28.3 Å². The monoisotopic (exact) mass is 519 g/mol. The van der Waals surface area contributed by atoms with Crippen LogP contribution in [0.25, 0.3) is 0 Å². The summed E-state index contributed by atoms with van der Waals surface area (Å²) < 4.78 is 54.3. The molecule has 1 N–H and O–H groups in total. The zero-order chi connectivity index (χ0) is 23.9. The van der Waals surface area contributed by atoms with Crippen molar-refractivity contribution in [3.05, 3.63) is 56.0 Å². The highest BCUT2D eigenvalue weighted by molar-refractivity contribution is 9.10. The van der Waals surface area contributed by atoms with E-state index in [9.17, 15) is 28.1 Å². The molecular weight excluding hydrogens is 503 g/mol. The highest BCUT2D eigenvalue weighted by atomic mass is 79.9. The van der Waals surface area contributed by atoms with Gasteiger partial charge in [0.1, 0.15) is 5.69 Å². The van der Waals surface area contributed by atoms with E-state index >= 15 is 0 Å². The van der Waals surface area contributed by atoms with Crippen LogP contribution in [0.1, 0.15) is 18.1 Å². The van der Waals surface area contributed by atoms with Gasteiger partial charge in [0.15, 0.2) is 18.1 Å². The minimum absolute atomic E-state index is 0.221. The third-order valence-electron chi connectivity index (χ3n) is 3.81. The molecule has 0 saturated heterocycles. The molecule has 2 aromatic carbocycles. The summed E-state index contributed by atoms with van der Waals surface area (Å²) >= 11 is 3.30. The van der Waals surface area contributed by atoms with E-state index in [1.165, 1.54) is 19.4 Å². The molecule has 0 amide bonds. The Balaban J connectivity index is 2.26. The number of nitrogens with one attached hydrogen (secondary N) is 1. The van der Waals surface area contributed by atoms with Crippen LogP contribution in [0.4, 0.5) is 24.5 Å². The number of halogens is 4. The zero-order valence-corrected chi connectivity index (χ0v) is 18.3. The molecule has 0 bridgehead atoms. The lowest BCUT2D eigenvalue weighted by molar-refractivity contribution is -0.384. The maximum Gasteiger partial charge on any atom is 0.416 e. The van der Waals surface area contributed by atoms with Gasteiger partial charge in [-0.3, -0.25) is 15.5 Å². The first-order chi connectivity index (χ1) is 15.1. The number of nitrogens with zero attached hydrogens (tertiary/aromatic N) is 2. The topological polar surface area (TPSA) is 112 Å². The summed E-state index contributed by atoms with van der Waals surface area (Å²) in [6.07, 6.45) is -3.44. The number of ether oxygens (including phenoxy) is 3. The lowest BCUT2D eigenvalue weighted by atomic mass is 10.1. The quantitative estimate of drug-likeness (QED) is 0.219. The minimum Gasteiger partial charge on any atom is -0.490 e. The molecule has 0 unspecified atom stereocenters. The summed E-state index contributed by atoms with van der Waals surface area (Å²) in [6, 6.07) is 5.16. The van der Waals surface area contributed by atoms with Gasteiger partial charge in [0.25, 0.3) is 5.69 Å². The number of carbonyl (C=O) groups excluding carboxylic acids is 1. The second-order valence-electron chi connectivity index (χ2n) is 5.98. The van der Waals surface area contributed by atoms with Gasteiger partial charge in [0.05, 0.1) is 34.9 Å². The van der Waals surface area contributed by atoms with Crippen LogP contribution in [0.2, 0.25) is 0 Å². The van der Waals surface area contributed by atoms with E-state index in [4.69, 9.17) is 9.47 Å². The van der Waals surface area contributed by atoms with Crippen LogP contribution in [0, 0.1) is 10.1 Å². The summed E-state index contributed by atoms with van der Waals surface area (Å²) in [5.74, 6) is -0.0548. The maximum atomic E-state index is 12.8. The number of anilines is 1. The van der Waals surface area contributed by atoms with E-state index in [2.05, 4.69) is 31.2 Å². The first-order valence-electron chi connectivity index (χ1n) is 8.87. The number of nitro groups is 1. The Morgan fingerprint density at radius 1 is 1.28 bits per heavy atom. The number of hydrogen-bond acceptors (Lipinski definition) is 8. The Morgan fingerprint density at radius 2 is 2.00 bits per heavy atom. The predicted molar refractivity (Wildman–Crippen MR) is 112 cm³/mol. The van der Waals surface area contributed by atoms with Gasteiger partial charge in [-0.15, -0.1) is 0 Å². The molecule has 172 valence electrons. The smallest absolute Gasteiger partial charge is 0.416 e. The van der Waals surface area contributed by atoms with E-state index in [0.29, 0.717) is 22.2 Å². The number of esters is 1. The van der Waals surface area contributed by atoms with Crippen LogP contribution in [0.15, 0.2) is 39.9 Å². The fraction of sp³-hybridized carbons (Fsp3) is 0.263. The van der Waals surface area contributed by atoms with Gasteiger partial charge in [-0.1, -0.05) is 0 Å². The number of methoxy groups -OCH3 is 1. The van der Waals surface area contributed by atoms with Crippen molar-refractivity contribution in [3.63, 3.8) is 0 Å². The first kappa shape index (κ1) is 24.9. The van der Waals surface area contributed by atoms with Crippen LogP contribution >= 0.6 is 15.9 Å². The first-order valence-corrected chi connectivity index (χ1v) is 9.66. The summed E-state index contributed by atoms with van der Waals surface area (Å²) in [7, 11) is 1.22. The molecule has 2 aromatic rings. The number of hydrazone groups is 1. The van der Waals surface area contributed by atoms with Gasteiger partial charge in [0.2, 0.25) is 0 Å². The molecule has 0 aromatic heterocycles. The molecule has 0 saturated carbocycles. The molecule has 0 radical (unpaired) electrons. The summed E-state index contributed by atoms with van der Waals surface area (Å²) in [4.78, 5) is 21.5. The van der Waals surface area contributed by atoms with Crippen molar-refractivity contribution in [2.24, 2.45) is 5.10 Å². The lowest BCUT2D eigenvalue weighted by Crippen LogP contribution is -2.13. The number of rotatable bonds is 9. The fourth-order valence-corrected chi connectivity index (χ4v) is 2.96. The molecule has 0 spiro atoms. The number of benzene rings is 2. The second-order valence-corrected chi connectivity index (χ2v) is 6.84. The molecule has 0 heterocycles. The highest BCUT2D eigenvalue weighted by Gasteiger charge is 2.33. The molecule has 13 heteroatoms. The highest BCUT2D eigenvalue weighted by Crippen LogP contribution is 2.37.